The molecule has 1 aromatic carbocycles. The van der Waals surface area contributed by atoms with Crippen LogP contribution < -0.4 is 0 Å². The number of halogens is 2. The highest BCUT2D eigenvalue weighted by molar-refractivity contribution is 6.31. The highest BCUT2D eigenvalue weighted by Crippen LogP contribution is 2.28. The van der Waals surface area contributed by atoms with Gasteiger partial charge in [0.15, 0.2) is 0 Å². The maximum atomic E-state index is 13.2. The van der Waals surface area contributed by atoms with Crippen molar-refractivity contribution in [3.05, 3.63) is 64.7 Å². The van der Waals surface area contributed by atoms with Crippen LogP contribution in [0.4, 0.5) is 4.39 Å². The molecule has 0 saturated heterocycles. The quantitative estimate of drug-likeness (QED) is 0.923. The standard InChI is InChI=1S/C14H13ClFNO/c1-14(18,11-3-2-4-12(16)7-11)8-10-5-6-17-9-13(10)15/h2-7,9,18H,8H2,1H3. The fraction of sp³-hybridized carbons (Fsp3) is 0.214. The van der Waals surface area contributed by atoms with Crippen LogP contribution in [0.25, 0.3) is 0 Å². The van der Waals surface area contributed by atoms with E-state index in [4.69, 9.17) is 11.6 Å². The largest absolute Gasteiger partial charge is 0.385 e. The predicted molar refractivity (Wildman–Crippen MR) is 68.9 cm³/mol. The van der Waals surface area contributed by atoms with E-state index in [1.165, 1.54) is 18.3 Å². The van der Waals surface area contributed by atoms with Crippen LogP contribution in [-0.2, 0) is 12.0 Å². The van der Waals surface area contributed by atoms with Gasteiger partial charge in [0.1, 0.15) is 5.82 Å². The normalized spacial score (nSPS) is 14.2. The highest BCUT2D eigenvalue weighted by atomic mass is 35.5. The molecule has 0 spiro atoms. The molecule has 1 atom stereocenters. The van der Waals surface area contributed by atoms with Gasteiger partial charge in [-0.15, -0.1) is 0 Å². The van der Waals surface area contributed by atoms with Crippen molar-refractivity contribution in [2.75, 3.05) is 0 Å². The van der Waals surface area contributed by atoms with Crippen LogP contribution in [0, 0.1) is 5.82 Å². The van der Waals surface area contributed by atoms with Gasteiger partial charge in [-0.3, -0.25) is 4.98 Å². The summed E-state index contributed by atoms with van der Waals surface area (Å²) in [6.07, 6.45) is 3.44. The minimum absolute atomic E-state index is 0.303. The number of pyridine rings is 1. The van der Waals surface area contributed by atoms with E-state index in [0.29, 0.717) is 17.0 Å². The first kappa shape index (κ1) is 13.0. The zero-order valence-corrected chi connectivity index (χ0v) is 10.7. The molecule has 0 radical (unpaired) electrons. The minimum Gasteiger partial charge on any atom is -0.385 e. The molecular formula is C14H13ClFNO. The third-order valence-electron chi connectivity index (χ3n) is 2.84. The number of rotatable bonds is 3. The summed E-state index contributed by atoms with van der Waals surface area (Å²) in [6, 6.07) is 7.69. The van der Waals surface area contributed by atoms with Gasteiger partial charge in [-0.05, 0) is 36.2 Å². The molecule has 2 aromatic rings. The molecule has 1 aromatic heterocycles. The summed E-state index contributed by atoms with van der Waals surface area (Å²) < 4.78 is 13.2. The molecule has 0 fully saturated rings. The summed E-state index contributed by atoms with van der Waals surface area (Å²) >= 11 is 6.00. The van der Waals surface area contributed by atoms with Crippen LogP contribution in [0.3, 0.4) is 0 Å². The molecule has 4 heteroatoms. The summed E-state index contributed by atoms with van der Waals surface area (Å²) in [6.45, 7) is 1.64. The first-order valence-corrected chi connectivity index (χ1v) is 5.94. The Balaban J connectivity index is 2.30. The summed E-state index contributed by atoms with van der Waals surface area (Å²) in [5.41, 5.74) is 0.129. The van der Waals surface area contributed by atoms with Crippen LogP contribution in [0.15, 0.2) is 42.7 Å². The van der Waals surface area contributed by atoms with Crippen molar-refractivity contribution in [2.45, 2.75) is 18.9 Å². The second-order valence-electron chi connectivity index (χ2n) is 4.43. The van der Waals surface area contributed by atoms with E-state index in [1.807, 2.05) is 0 Å². The highest BCUT2D eigenvalue weighted by Gasteiger charge is 2.24. The number of hydrogen-bond acceptors (Lipinski definition) is 2. The Labute approximate surface area is 110 Å². The molecule has 0 saturated carbocycles. The van der Waals surface area contributed by atoms with Crippen molar-refractivity contribution in [1.29, 1.82) is 0 Å². The number of nitrogens with zero attached hydrogens (tertiary/aromatic N) is 1. The van der Waals surface area contributed by atoms with E-state index in [-0.39, 0.29) is 5.82 Å². The van der Waals surface area contributed by atoms with Crippen LogP contribution in [0.5, 0.6) is 0 Å². The lowest BCUT2D eigenvalue weighted by atomic mass is 9.89. The molecule has 1 heterocycles. The van der Waals surface area contributed by atoms with Crippen molar-refractivity contribution in [3.8, 4) is 0 Å². The SMILES string of the molecule is CC(O)(Cc1ccncc1Cl)c1cccc(F)c1. The monoisotopic (exact) mass is 265 g/mol. The molecule has 18 heavy (non-hydrogen) atoms. The van der Waals surface area contributed by atoms with Gasteiger partial charge in [-0.25, -0.2) is 4.39 Å². The molecule has 0 bridgehead atoms. The van der Waals surface area contributed by atoms with Crippen molar-refractivity contribution < 1.29 is 9.50 Å². The van der Waals surface area contributed by atoms with Crippen molar-refractivity contribution in [2.24, 2.45) is 0 Å². The Bertz CT molecular complexity index is 557. The Hall–Kier alpha value is -1.45. The second-order valence-corrected chi connectivity index (χ2v) is 4.84. The van der Waals surface area contributed by atoms with E-state index in [1.54, 1.807) is 31.3 Å². The zero-order chi connectivity index (χ0) is 13.2. The van der Waals surface area contributed by atoms with Gasteiger partial charge in [0.25, 0.3) is 0 Å². The molecule has 1 unspecified atom stereocenters. The summed E-state index contributed by atoms with van der Waals surface area (Å²) in [5.74, 6) is -0.367. The topological polar surface area (TPSA) is 33.1 Å². The smallest absolute Gasteiger partial charge is 0.123 e. The lowest BCUT2D eigenvalue weighted by Gasteiger charge is -2.24. The van der Waals surface area contributed by atoms with Crippen LogP contribution in [0.1, 0.15) is 18.1 Å². The maximum absolute atomic E-state index is 13.2. The average Bonchev–Trinajstić information content (AvgIpc) is 2.32. The fourth-order valence-electron chi connectivity index (χ4n) is 1.84. The summed E-state index contributed by atoms with van der Waals surface area (Å²) in [5, 5.41) is 10.9. The second kappa shape index (κ2) is 5.04. The average molecular weight is 266 g/mol. The van der Waals surface area contributed by atoms with E-state index in [0.717, 1.165) is 5.56 Å². The molecule has 0 aliphatic rings. The number of hydrogen-bond donors (Lipinski definition) is 1. The van der Waals surface area contributed by atoms with Crippen LogP contribution in [-0.4, -0.2) is 10.1 Å². The fourth-order valence-corrected chi connectivity index (χ4v) is 2.03. The minimum atomic E-state index is -1.17. The summed E-state index contributed by atoms with van der Waals surface area (Å²) in [7, 11) is 0. The first-order valence-electron chi connectivity index (χ1n) is 5.56. The maximum Gasteiger partial charge on any atom is 0.123 e. The van der Waals surface area contributed by atoms with Gasteiger partial charge in [-0.2, -0.15) is 0 Å². The van der Waals surface area contributed by atoms with Gasteiger partial charge in [0.2, 0.25) is 0 Å². The first-order chi connectivity index (χ1) is 8.49. The van der Waals surface area contributed by atoms with Crippen molar-refractivity contribution in [3.63, 3.8) is 0 Å². The molecular weight excluding hydrogens is 253 g/mol. The number of aliphatic hydroxyl groups is 1. The third-order valence-corrected chi connectivity index (χ3v) is 3.18. The van der Waals surface area contributed by atoms with Crippen molar-refractivity contribution in [1.82, 2.24) is 4.98 Å². The third kappa shape index (κ3) is 2.86. The van der Waals surface area contributed by atoms with Crippen LogP contribution in [0.2, 0.25) is 5.02 Å². The van der Waals surface area contributed by atoms with Crippen LogP contribution >= 0.6 is 11.6 Å². The van der Waals surface area contributed by atoms with E-state index in [9.17, 15) is 9.50 Å². The van der Waals surface area contributed by atoms with E-state index in [2.05, 4.69) is 4.98 Å². The molecule has 94 valence electrons. The number of benzene rings is 1. The molecule has 0 amide bonds. The van der Waals surface area contributed by atoms with Crippen molar-refractivity contribution >= 4 is 11.6 Å². The Morgan fingerprint density at radius 2 is 2.17 bits per heavy atom. The Morgan fingerprint density at radius 3 is 2.83 bits per heavy atom. The van der Waals surface area contributed by atoms with Gasteiger partial charge < -0.3 is 5.11 Å². The van der Waals surface area contributed by atoms with Gasteiger partial charge in [0, 0.05) is 18.8 Å². The lowest BCUT2D eigenvalue weighted by molar-refractivity contribution is 0.0573. The molecule has 0 aliphatic carbocycles. The van der Waals surface area contributed by atoms with Gasteiger partial charge >= 0.3 is 0 Å². The predicted octanol–water partition coefficient (Wildman–Crippen LogP) is 3.32. The molecule has 0 aliphatic heterocycles. The van der Waals surface area contributed by atoms with E-state index < -0.39 is 5.60 Å². The lowest BCUT2D eigenvalue weighted by Crippen LogP contribution is -2.24. The molecule has 1 N–H and O–H groups in total. The van der Waals surface area contributed by atoms with E-state index >= 15 is 0 Å². The Kier molecular flexibility index (Phi) is 3.64. The van der Waals surface area contributed by atoms with Gasteiger partial charge in [0.05, 0.1) is 10.6 Å². The zero-order valence-electron chi connectivity index (χ0n) is 9.90. The van der Waals surface area contributed by atoms with Gasteiger partial charge in [-0.1, -0.05) is 23.7 Å². The summed E-state index contributed by atoms with van der Waals surface area (Å²) in [4.78, 5) is 3.89. The molecule has 2 nitrogen and oxygen atoms in total. The number of aromatic nitrogens is 1. The molecule has 2 rings (SSSR count). The Morgan fingerprint density at radius 1 is 1.39 bits per heavy atom.